The average Bonchev–Trinajstić information content (AvgIpc) is 2.60. The van der Waals surface area contributed by atoms with Crippen LogP contribution in [0.1, 0.15) is 30.6 Å². The van der Waals surface area contributed by atoms with Crippen LogP contribution < -0.4 is 9.47 Å². The second-order valence-corrected chi connectivity index (χ2v) is 6.30. The average molecular weight is 366 g/mol. The van der Waals surface area contributed by atoms with E-state index < -0.39 is 28.4 Å². The maximum absolute atomic E-state index is 12.9. The Morgan fingerprint density at radius 2 is 2.04 bits per heavy atom. The molecule has 1 saturated heterocycles. The van der Waals surface area contributed by atoms with Gasteiger partial charge >= 0.3 is 5.97 Å². The number of piperidine rings is 1. The van der Waals surface area contributed by atoms with Crippen molar-refractivity contribution in [3.05, 3.63) is 27.8 Å². The summed E-state index contributed by atoms with van der Waals surface area (Å²) in [7, 11) is 1.35. The fourth-order valence-corrected chi connectivity index (χ4v) is 3.17. The molecule has 9 nitrogen and oxygen atoms in total. The number of nitrogens with zero attached hydrogens (tertiary/aromatic N) is 2. The fraction of sp³-hybridized carbons (Fsp3) is 0.529. The van der Waals surface area contributed by atoms with E-state index in [0.717, 1.165) is 6.07 Å². The molecule has 0 spiro atoms. The third kappa shape index (κ3) is 4.04. The Balaban J connectivity index is 2.44. The molecule has 0 bridgehead atoms. The summed E-state index contributed by atoms with van der Waals surface area (Å²) in [6.45, 7) is 4.25. The van der Waals surface area contributed by atoms with Crippen LogP contribution in [-0.4, -0.2) is 53.6 Å². The lowest BCUT2D eigenvalue weighted by atomic mass is 9.90. The number of hydrogen-bond donors (Lipinski definition) is 1. The number of nitro benzene ring substituents is 1. The number of carboxylic acid groups (broad SMARTS) is 1. The van der Waals surface area contributed by atoms with Gasteiger partial charge in [0.2, 0.25) is 0 Å². The van der Waals surface area contributed by atoms with Gasteiger partial charge in [-0.3, -0.25) is 19.7 Å². The highest BCUT2D eigenvalue weighted by Gasteiger charge is 2.35. The van der Waals surface area contributed by atoms with Crippen molar-refractivity contribution < 1.29 is 29.1 Å². The second-order valence-electron chi connectivity index (χ2n) is 6.30. The number of carbonyl (C=O) groups is 2. The summed E-state index contributed by atoms with van der Waals surface area (Å²) in [5, 5.41) is 20.7. The quantitative estimate of drug-likeness (QED) is 0.605. The van der Waals surface area contributed by atoms with Gasteiger partial charge in [-0.1, -0.05) is 6.92 Å². The van der Waals surface area contributed by atoms with E-state index in [9.17, 15) is 24.8 Å². The summed E-state index contributed by atoms with van der Waals surface area (Å²) in [6, 6.07) is 2.44. The molecule has 1 heterocycles. The van der Waals surface area contributed by atoms with Crippen LogP contribution in [0.5, 0.6) is 11.5 Å². The number of carbonyl (C=O) groups excluding carboxylic acids is 1. The van der Waals surface area contributed by atoms with Crippen LogP contribution in [0.15, 0.2) is 12.1 Å². The van der Waals surface area contributed by atoms with Crippen molar-refractivity contribution in [3.8, 4) is 11.5 Å². The minimum atomic E-state index is -0.978. The van der Waals surface area contributed by atoms with Crippen molar-refractivity contribution in [2.24, 2.45) is 11.8 Å². The van der Waals surface area contributed by atoms with Crippen molar-refractivity contribution in [2.75, 3.05) is 26.8 Å². The fourth-order valence-electron chi connectivity index (χ4n) is 3.17. The molecule has 0 saturated carbocycles. The van der Waals surface area contributed by atoms with E-state index in [1.807, 2.05) is 6.92 Å². The van der Waals surface area contributed by atoms with Gasteiger partial charge in [-0.2, -0.15) is 0 Å². The normalized spacial score (nSPS) is 19.7. The van der Waals surface area contributed by atoms with Crippen molar-refractivity contribution in [2.45, 2.75) is 20.3 Å². The molecule has 2 rings (SSSR count). The van der Waals surface area contributed by atoms with Crippen LogP contribution >= 0.6 is 0 Å². The van der Waals surface area contributed by atoms with Gasteiger partial charge in [0.15, 0.2) is 11.5 Å². The largest absolute Gasteiger partial charge is 0.493 e. The smallest absolute Gasteiger partial charge is 0.308 e. The number of hydrogen-bond acceptors (Lipinski definition) is 6. The van der Waals surface area contributed by atoms with Crippen LogP contribution in [0.3, 0.4) is 0 Å². The second kappa shape index (κ2) is 8.03. The lowest BCUT2D eigenvalue weighted by molar-refractivity contribution is -0.385. The first kappa shape index (κ1) is 19.5. The van der Waals surface area contributed by atoms with Gasteiger partial charge in [0.05, 0.1) is 30.6 Å². The summed E-state index contributed by atoms with van der Waals surface area (Å²) < 4.78 is 10.5. The lowest BCUT2D eigenvalue weighted by Gasteiger charge is -2.34. The van der Waals surface area contributed by atoms with Crippen LogP contribution in [0, 0.1) is 22.0 Å². The number of methoxy groups -OCH3 is 1. The van der Waals surface area contributed by atoms with Crippen molar-refractivity contribution >= 4 is 17.6 Å². The molecule has 26 heavy (non-hydrogen) atoms. The zero-order valence-corrected chi connectivity index (χ0v) is 14.9. The molecule has 2 unspecified atom stereocenters. The first-order valence-electron chi connectivity index (χ1n) is 8.29. The monoisotopic (exact) mass is 366 g/mol. The zero-order chi connectivity index (χ0) is 19.4. The van der Waals surface area contributed by atoms with Gasteiger partial charge in [0.1, 0.15) is 5.56 Å². The number of nitro groups is 1. The number of carboxylic acids is 1. The Morgan fingerprint density at radius 1 is 1.35 bits per heavy atom. The Kier molecular flexibility index (Phi) is 6.01. The molecule has 142 valence electrons. The van der Waals surface area contributed by atoms with Gasteiger partial charge in [-0.25, -0.2) is 0 Å². The Labute approximate surface area is 150 Å². The van der Waals surface area contributed by atoms with Crippen molar-refractivity contribution in [1.82, 2.24) is 4.90 Å². The zero-order valence-electron chi connectivity index (χ0n) is 14.9. The molecule has 0 radical (unpaired) electrons. The van der Waals surface area contributed by atoms with Crippen molar-refractivity contribution in [1.29, 1.82) is 0 Å². The Morgan fingerprint density at radius 3 is 2.58 bits per heavy atom. The van der Waals surface area contributed by atoms with Crippen LogP contribution in [-0.2, 0) is 4.79 Å². The molecule has 1 aliphatic heterocycles. The molecule has 1 aromatic rings. The number of aliphatic carboxylic acids is 1. The van der Waals surface area contributed by atoms with E-state index in [-0.39, 0.29) is 29.5 Å². The topological polar surface area (TPSA) is 119 Å². The van der Waals surface area contributed by atoms with Gasteiger partial charge < -0.3 is 19.5 Å². The molecular formula is C17H22N2O7. The SMILES string of the molecule is CCOc1cc(C(=O)N2CC(C)CC(C(=O)O)C2)c([N+](=O)[O-])cc1OC. The predicted octanol–water partition coefficient (Wildman–Crippen LogP) is 2.18. The molecule has 1 amide bonds. The summed E-state index contributed by atoms with van der Waals surface area (Å²) in [5.41, 5.74) is -0.544. The summed E-state index contributed by atoms with van der Waals surface area (Å²) in [4.78, 5) is 36.4. The standard InChI is InChI=1S/C17H22N2O7/c1-4-26-15-6-12(13(19(23)24)7-14(15)25-3)16(20)18-8-10(2)5-11(9-18)17(21)22/h6-7,10-11H,4-5,8-9H2,1-3H3,(H,21,22). The molecule has 0 aliphatic carbocycles. The van der Waals surface area contributed by atoms with Crippen LogP contribution in [0.2, 0.25) is 0 Å². The number of amides is 1. The third-order valence-electron chi connectivity index (χ3n) is 4.31. The highest BCUT2D eigenvalue weighted by Crippen LogP contribution is 2.36. The Bertz CT molecular complexity index is 719. The van der Waals surface area contributed by atoms with Crippen molar-refractivity contribution in [3.63, 3.8) is 0 Å². The Hall–Kier alpha value is -2.84. The molecule has 1 fully saturated rings. The maximum Gasteiger partial charge on any atom is 0.308 e. The summed E-state index contributed by atoms with van der Waals surface area (Å²) >= 11 is 0. The van der Waals surface area contributed by atoms with E-state index in [4.69, 9.17) is 9.47 Å². The molecule has 9 heteroatoms. The molecule has 0 aromatic heterocycles. The molecule has 1 N–H and O–H groups in total. The molecule has 1 aromatic carbocycles. The molecule has 1 aliphatic rings. The minimum absolute atomic E-state index is 0.0162. The maximum atomic E-state index is 12.9. The van der Waals surface area contributed by atoms with Gasteiger partial charge in [0, 0.05) is 19.2 Å². The number of likely N-dealkylation sites (tertiary alicyclic amines) is 1. The predicted molar refractivity (Wildman–Crippen MR) is 91.6 cm³/mol. The molecule has 2 atom stereocenters. The van der Waals surface area contributed by atoms with E-state index in [1.165, 1.54) is 18.1 Å². The van der Waals surface area contributed by atoms with E-state index >= 15 is 0 Å². The van der Waals surface area contributed by atoms with Gasteiger partial charge in [-0.05, 0) is 19.3 Å². The molecular weight excluding hydrogens is 344 g/mol. The highest BCUT2D eigenvalue weighted by molar-refractivity contribution is 5.99. The first-order chi connectivity index (χ1) is 12.3. The number of ether oxygens (including phenoxy) is 2. The van der Waals surface area contributed by atoms with E-state index in [0.29, 0.717) is 19.6 Å². The first-order valence-corrected chi connectivity index (χ1v) is 8.29. The van der Waals surface area contributed by atoms with Crippen LogP contribution in [0.25, 0.3) is 0 Å². The minimum Gasteiger partial charge on any atom is -0.493 e. The highest BCUT2D eigenvalue weighted by atomic mass is 16.6. The van der Waals surface area contributed by atoms with E-state index in [2.05, 4.69) is 0 Å². The van der Waals surface area contributed by atoms with E-state index in [1.54, 1.807) is 6.92 Å². The third-order valence-corrected chi connectivity index (χ3v) is 4.31. The van der Waals surface area contributed by atoms with Gasteiger partial charge in [-0.15, -0.1) is 0 Å². The number of rotatable bonds is 6. The summed E-state index contributed by atoms with van der Waals surface area (Å²) in [6.07, 6.45) is 0.466. The van der Waals surface area contributed by atoms with Crippen LogP contribution in [0.4, 0.5) is 5.69 Å². The lowest BCUT2D eigenvalue weighted by Crippen LogP contribution is -2.45. The van der Waals surface area contributed by atoms with Gasteiger partial charge in [0.25, 0.3) is 11.6 Å². The summed E-state index contributed by atoms with van der Waals surface area (Å²) in [5.74, 6) is -1.88. The number of benzene rings is 1.